The van der Waals surface area contributed by atoms with Crippen molar-refractivity contribution in [3.8, 4) is 0 Å². The smallest absolute Gasteiger partial charge is 0.309 e. The number of morpholine rings is 1. The van der Waals surface area contributed by atoms with E-state index in [1.54, 1.807) is 6.26 Å². The van der Waals surface area contributed by atoms with Gasteiger partial charge in [-0.15, -0.1) is 24.0 Å². The molecule has 0 bridgehead atoms. The number of carbonyl (C=O) groups excluding carboxylic acids is 1. The van der Waals surface area contributed by atoms with Crippen LogP contribution in [0.2, 0.25) is 0 Å². The fourth-order valence-corrected chi connectivity index (χ4v) is 3.91. The largest absolute Gasteiger partial charge is 0.469 e. The Hall–Kier alpha value is -1.33. The number of carbonyl (C=O) groups is 1. The van der Waals surface area contributed by atoms with E-state index < -0.39 is 0 Å². The summed E-state index contributed by atoms with van der Waals surface area (Å²) >= 11 is 0. The van der Waals surface area contributed by atoms with Crippen LogP contribution in [-0.2, 0) is 20.7 Å². The minimum atomic E-state index is -0.0630. The van der Waals surface area contributed by atoms with Crippen LogP contribution in [0, 0.1) is 5.92 Å². The van der Waals surface area contributed by atoms with E-state index in [0.717, 1.165) is 96.4 Å². The summed E-state index contributed by atoms with van der Waals surface area (Å²) in [6, 6.07) is 3.90. The monoisotopic (exact) mass is 548 g/mol. The lowest BCUT2D eigenvalue weighted by Crippen LogP contribution is -2.47. The molecule has 1 aromatic rings. The van der Waals surface area contributed by atoms with Gasteiger partial charge in [-0.2, -0.15) is 0 Å². The Bertz CT molecular complexity index is 642. The first kappa shape index (κ1) is 25.9. The first-order chi connectivity index (χ1) is 14.8. The molecule has 0 aliphatic carbocycles. The average Bonchev–Trinajstić information content (AvgIpc) is 3.30. The lowest BCUT2D eigenvalue weighted by atomic mass is 9.97. The number of likely N-dealkylation sites (tertiary alicyclic amines) is 1. The molecule has 0 radical (unpaired) electrons. The van der Waals surface area contributed by atoms with E-state index >= 15 is 0 Å². The summed E-state index contributed by atoms with van der Waals surface area (Å²) in [5, 5.41) is 3.50. The third-order valence-corrected chi connectivity index (χ3v) is 5.65. The number of esters is 1. The fourth-order valence-electron chi connectivity index (χ4n) is 3.91. The number of hydrogen-bond acceptors (Lipinski definition) is 6. The average molecular weight is 548 g/mol. The molecule has 2 saturated heterocycles. The first-order valence-electron chi connectivity index (χ1n) is 11.3. The van der Waals surface area contributed by atoms with Crippen LogP contribution < -0.4 is 5.32 Å². The van der Waals surface area contributed by atoms with E-state index in [0.29, 0.717) is 6.61 Å². The Labute approximate surface area is 202 Å². The fraction of sp³-hybridized carbons (Fsp3) is 0.727. The molecule has 0 saturated carbocycles. The van der Waals surface area contributed by atoms with Crippen molar-refractivity contribution in [2.24, 2.45) is 10.9 Å². The number of ether oxygens (including phenoxy) is 2. The van der Waals surface area contributed by atoms with Gasteiger partial charge in [-0.05, 0) is 38.3 Å². The van der Waals surface area contributed by atoms with Gasteiger partial charge >= 0.3 is 5.97 Å². The standard InChI is InChI=1S/C22H36N4O4.HI/c1-2-29-21(27)19-7-12-26(13-8-19)22(24-10-6-20-5-3-16-30-20)23-9-4-11-25-14-17-28-18-15-25;/h3,5,16,19H,2,4,6-15,17-18H2,1H3,(H,23,24);1H. The molecule has 31 heavy (non-hydrogen) atoms. The van der Waals surface area contributed by atoms with Crippen molar-refractivity contribution in [1.82, 2.24) is 15.1 Å². The Morgan fingerprint density at radius 1 is 1.26 bits per heavy atom. The molecule has 0 aromatic carbocycles. The zero-order chi connectivity index (χ0) is 21.0. The quantitative estimate of drug-likeness (QED) is 0.167. The topological polar surface area (TPSA) is 79.5 Å². The second-order valence-electron chi connectivity index (χ2n) is 7.78. The van der Waals surface area contributed by atoms with E-state index in [-0.39, 0.29) is 35.9 Å². The van der Waals surface area contributed by atoms with Crippen LogP contribution in [0.25, 0.3) is 0 Å². The SMILES string of the molecule is CCOC(=O)C1CCN(C(=NCCCN2CCOCC2)NCCc2ccco2)CC1.I. The van der Waals surface area contributed by atoms with Crippen molar-refractivity contribution >= 4 is 35.9 Å². The van der Waals surface area contributed by atoms with Gasteiger partial charge in [0.1, 0.15) is 5.76 Å². The molecule has 0 spiro atoms. The molecule has 176 valence electrons. The minimum absolute atomic E-state index is 0. The van der Waals surface area contributed by atoms with E-state index in [2.05, 4.69) is 15.1 Å². The van der Waals surface area contributed by atoms with Crippen LogP contribution in [0.15, 0.2) is 27.8 Å². The maximum atomic E-state index is 12.0. The number of guanidine groups is 1. The predicted octanol–water partition coefficient (Wildman–Crippen LogP) is 2.38. The summed E-state index contributed by atoms with van der Waals surface area (Å²) in [5.41, 5.74) is 0. The van der Waals surface area contributed by atoms with Gasteiger partial charge in [0.15, 0.2) is 5.96 Å². The van der Waals surface area contributed by atoms with Crippen LogP contribution in [-0.4, -0.2) is 87.4 Å². The highest BCUT2D eigenvalue weighted by Crippen LogP contribution is 2.19. The molecule has 3 heterocycles. The number of piperidine rings is 1. The summed E-state index contributed by atoms with van der Waals surface area (Å²) in [4.78, 5) is 21.6. The van der Waals surface area contributed by atoms with Crippen molar-refractivity contribution in [3.63, 3.8) is 0 Å². The van der Waals surface area contributed by atoms with Gasteiger partial charge < -0.3 is 24.1 Å². The molecule has 2 aliphatic heterocycles. The molecule has 2 fully saturated rings. The number of aliphatic imine (C=N–C) groups is 1. The molecule has 1 N–H and O–H groups in total. The second-order valence-corrected chi connectivity index (χ2v) is 7.78. The number of rotatable bonds is 9. The highest BCUT2D eigenvalue weighted by atomic mass is 127. The molecule has 9 heteroatoms. The van der Waals surface area contributed by atoms with Crippen LogP contribution in [0.4, 0.5) is 0 Å². The van der Waals surface area contributed by atoms with E-state index in [9.17, 15) is 4.79 Å². The third kappa shape index (κ3) is 8.97. The second kappa shape index (κ2) is 14.7. The van der Waals surface area contributed by atoms with E-state index in [1.807, 2.05) is 19.1 Å². The molecule has 2 aliphatic rings. The van der Waals surface area contributed by atoms with Gasteiger partial charge in [-0.1, -0.05) is 0 Å². The third-order valence-electron chi connectivity index (χ3n) is 5.65. The molecule has 3 rings (SSSR count). The number of furan rings is 1. The summed E-state index contributed by atoms with van der Waals surface area (Å²) in [6.45, 7) is 10.2. The normalized spacial score (nSPS) is 18.5. The van der Waals surface area contributed by atoms with Gasteiger partial charge in [0, 0.05) is 52.2 Å². The van der Waals surface area contributed by atoms with Gasteiger partial charge in [0.25, 0.3) is 0 Å². The van der Waals surface area contributed by atoms with Gasteiger partial charge in [0.05, 0.1) is 32.0 Å². The summed E-state index contributed by atoms with van der Waals surface area (Å²) in [5.74, 6) is 1.85. The maximum Gasteiger partial charge on any atom is 0.309 e. The minimum Gasteiger partial charge on any atom is -0.469 e. The number of nitrogens with zero attached hydrogens (tertiary/aromatic N) is 3. The summed E-state index contributed by atoms with van der Waals surface area (Å²) in [6.07, 6.45) is 5.18. The Balaban J connectivity index is 0.00000341. The first-order valence-corrected chi connectivity index (χ1v) is 11.3. The van der Waals surface area contributed by atoms with Crippen molar-refractivity contribution in [2.45, 2.75) is 32.6 Å². The molecule has 0 atom stereocenters. The number of halogens is 1. The molecule has 8 nitrogen and oxygen atoms in total. The molecule has 0 amide bonds. The zero-order valence-corrected chi connectivity index (χ0v) is 20.9. The lowest BCUT2D eigenvalue weighted by molar-refractivity contribution is -0.149. The van der Waals surface area contributed by atoms with Gasteiger partial charge in [-0.3, -0.25) is 14.7 Å². The van der Waals surface area contributed by atoms with Crippen molar-refractivity contribution in [1.29, 1.82) is 0 Å². The van der Waals surface area contributed by atoms with Crippen molar-refractivity contribution in [2.75, 3.05) is 65.6 Å². The Morgan fingerprint density at radius 2 is 2.03 bits per heavy atom. The van der Waals surface area contributed by atoms with Crippen LogP contribution in [0.3, 0.4) is 0 Å². The number of nitrogens with one attached hydrogen (secondary N) is 1. The molecule has 1 aromatic heterocycles. The Morgan fingerprint density at radius 3 is 2.71 bits per heavy atom. The van der Waals surface area contributed by atoms with Gasteiger partial charge in [0.2, 0.25) is 0 Å². The van der Waals surface area contributed by atoms with Crippen LogP contribution >= 0.6 is 24.0 Å². The highest BCUT2D eigenvalue weighted by Gasteiger charge is 2.27. The summed E-state index contributed by atoms with van der Waals surface area (Å²) < 4.78 is 16.0. The lowest BCUT2D eigenvalue weighted by Gasteiger charge is -2.33. The van der Waals surface area contributed by atoms with Crippen LogP contribution in [0.5, 0.6) is 0 Å². The molecule has 0 unspecified atom stereocenters. The predicted molar refractivity (Wildman–Crippen MR) is 131 cm³/mol. The molecular formula is C22H37IN4O4. The van der Waals surface area contributed by atoms with Crippen molar-refractivity contribution in [3.05, 3.63) is 24.2 Å². The maximum absolute atomic E-state index is 12.0. The van der Waals surface area contributed by atoms with E-state index in [4.69, 9.17) is 18.9 Å². The highest BCUT2D eigenvalue weighted by molar-refractivity contribution is 14.0. The molecular weight excluding hydrogens is 511 g/mol. The number of hydrogen-bond donors (Lipinski definition) is 1. The Kier molecular flexibility index (Phi) is 12.3. The van der Waals surface area contributed by atoms with Gasteiger partial charge in [-0.25, -0.2) is 0 Å². The van der Waals surface area contributed by atoms with Crippen LogP contribution in [0.1, 0.15) is 31.9 Å². The summed E-state index contributed by atoms with van der Waals surface area (Å²) in [7, 11) is 0. The van der Waals surface area contributed by atoms with E-state index in [1.165, 1.54) is 0 Å². The zero-order valence-electron chi connectivity index (χ0n) is 18.6. The van der Waals surface area contributed by atoms with Crippen molar-refractivity contribution < 1.29 is 18.7 Å².